The number of hydrogen-bond acceptors (Lipinski definition) is 0. The number of unbranched alkanes of at least 4 members (excludes halogenated alkanes) is 5. The zero-order valence-corrected chi connectivity index (χ0v) is 20.0. The van der Waals surface area contributed by atoms with Crippen LogP contribution in [0.25, 0.3) is 11.1 Å². The molecule has 0 aliphatic rings. The molecule has 32 heavy (non-hydrogen) atoms. The van der Waals surface area contributed by atoms with E-state index in [-0.39, 0.29) is 5.82 Å². The van der Waals surface area contributed by atoms with Crippen LogP contribution >= 0.6 is 0 Å². The van der Waals surface area contributed by atoms with E-state index in [9.17, 15) is 4.39 Å². The van der Waals surface area contributed by atoms with Crippen molar-refractivity contribution in [3.8, 4) is 11.1 Å². The molecule has 0 aromatic heterocycles. The highest BCUT2D eigenvalue weighted by Crippen LogP contribution is 2.25. The summed E-state index contributed by atoms with van der Waals surface area (Å²) >= 11 is 0. The monoisotopic (exact) mass is 430 g/mol. The van der Waals surface area contributed by atoms with E-state index in [1.54, 1.807) is 6.07 Å². The molecule has 0 N–H and O–H groups in total. The first-order chi connectivity index (χ1) is 15.7. The van der Waals surface area contributed by atoms with Gasteiger partial charge in [-0.2, -0.15) is 0 Å². The van der Waals surface area contributed by atoms with Crippen molar-refractivity contribution in [3.05, 3.63) is 94.8 Å². The molecule has 0 heterocycles. The average molecular weight is 431 g/mol. The van der Waals surface area contributed by atoms with E-state index in [0.717, 1.165) is 36.8 Å². The molecule has 0 bridgehead atoms. The van der Waals surface area contributed by atoms with Crippen LogP contribution < -0.4 is 0 Å². The van der Waals surface area contributed by atoms with Crippen molar-refractivity contribution in [2.75, 3.05) is 0 Å². The zero-order valence-electron chi connectivity index (χ0n) is 20.0. The van der Waals surface area contributed by atoms with Crippen molar-refractivity contribution < 1.29 is 4.39 Å². The first-order valence-corrected chi connectivity index (χ1v) is 12.6. The number of halogens is 1. The third-order valence-electron chi connectivity index (χ3n) is 6.41. The molecule has 0 radical (unpaired) electrons. The van der Waals surface area contributed by atoms with Crippen molar-refractivity contribution in [1.82, 2.24) is 0 Å². The maximum atomic E-state index is 14.7. The molecule has 3 rings (SSSR count). The lowest BCUT2D eigenvalue weighted by molar-refractivity contribution is 0.618. The lowest BCUT2D eigenvalue weighted by atomic mass is 9.97. The van der Waals surface area contributed by atoms with Crippen molar-refractivity contribution in [2.24, 2.45) is 0 Å². The molecule has 0 unspecified atom stereocenters. The lowest BCUT2D eigenvalue weighted by Gasteiger charge is -2.09. The average Bonchev–Trinajstić information content (AvgIpc) is 2.82. The molecule has 3 aromatic rings. The summed E-state index contributed by atoms with van der Waals surface area (Å²) in [6, 6.07) is 23.3. The van der Waals surface area contributed by atoms with E-state index in [0.29, 0.717) is 5.56 Å². The Bertz CT molecular complexity index is 922. The fraction of sp³-hybridized carbons (Fsp3) is 0.419. The van der Waals surface area contributed by atoms with E-state index in [1.807, 2.05) is 6.07 Å². The Hall–Kier alpha value is -2.41. The first-order valence-electron chi connectivity index (χ1n) is 12.6. The van der Waals surface area contributed by atoms with E-state index in [4.69, 9.17) is 0 Å². The predicted octanol–water partition coefficient (Wildman–Crippen LogP) is 9.13. The third-order valence-corrected chi connectivity index (χ3v) is 6.41. The molecule has 0 spiro atoms. The second kappa shape index (κ2) is 13.2. The minimum Gasteiger partial charge on any atom is -0.206 e. The highest BCUT2D eigenvalue weighted by molar-refractivity contribution is 5.64. The Morgan fingerprint density at radius 2 is 1.00 bits per heavy atom. The van der Waals surface area contributed by atoms with Gasteiger partial charge in [-0.15, -0.1) is 0 Å². The van der Waals surface area contributed by atoms with Gasteiger partial charge >= 0.3 is 0 Å². The summed E-state index contributed by atoms with van der Waals surface area (Å²) in [5.74, 6) is -0.105. The van der Waals surface area contributed by atoms with Crippen molar-refractivity contribution in [3.63, 3.8) is 0 Å². The highest BCUT2D eigenvalue weighted by atomic mass is 19.1. The van der Waals surface area contributed by atoms with Gasteiger partial charge in [0, 0.05) is 5.56 Å². The van der Waals surface area contributed by atoms with Crippen molar-refractivity contribution in [2.45, 2.75) is 84.5 Å². The summed E-state index contributed by atoms with van der Waals surface area (Å²) < 4.78 is 14.7. The molecule has 3 aromatic carbocycles. The van der Waals surface area contributed by atoms with Crippen LogP contribution in [-0.2, 0) is 25.7 Å². The fourth-order valence-electron chi connectivity index (χ4n) is 4.27. The molecule has 0 saturated heterocycles. The smallest absolute Gasteiger partial charge is 0.131 e. The van der Waals surface area contributed by atoms with Gasteiger partial charge in [-0.05, 0) is 72.4 Å². The zero-order chi connectivity index (χ0) is 22.6. The molecule has 170 valence electrons. The Kier molecular flexibility index (Phi) is 10.0. The van der Waals surface area contributed by atoms with Crippen LogP contribution in [0, 0.1) is 5.82 Å². The maximum absolute atomic E-state index is 14.7. The summed E-state index contributed by atoms with van der Waals surface area (Å²) in [4.78, 5) is 0. The van der Waals surface area contributed by atoms with Gasteiger partial charge in [0.2, 0.25) is 0 Å². The minimum atomic E-state index is -0.105. The predicted molar refractivity (Wildman–Crippen MR) is 137 cm³/mol. The Morgan fingerprint density at radius 1 is 0.500 bits per heavy atom. The molecule has 1 heteroatoms. The lowest BCUT2D eigenvalue weighted by Crippen LogP contribution is -1.94. The number of benzene rings is 3. The van der Waals surface area contributed by atoms with Crippen LogP contribution in [0.5, 0.6) is 0 Å². The fourth-order valence-corrected chi connectivity index (χ4v) is 4.27. The van der Waals surface area contributed by atoms with Gasteiger partial charge in [-0.1, -0.05) is 107 Å². The molecule has 0 atom stereocenters. The number of rotatable bonds is 13. The van der Waals surface area contributed by atoms with E-state index in [1.165, 1.54) is 61.6 Å². The largest absolute Gasteiger partial charge is 0.206 e. The maximum Gasteiger partial charge on any atom is 0.131 e. The van der Waals surface area contributed by atoms with Crippen LogP contribution in [0.2, 0.25) is 0 Å². The van der Waals surface area contributed by atoms with Crippen LogP contribution in [-0.4, -0.2) is 0 Å². The summed E-state index contributed by atoms with van der Waals surface area (Å²) in [5, 5.41) is 0. The standard InChI is InChI=1S/C31H39F/c1-3-5-7-8-9-11-28-20-23-30(31(32)24-28)29-21-18-27(19-22-29)17-16-26-14-12-25(13-15-26)10-6-4-2/h12-15,18-24H,3-11,16-17H2,1-2H3. The second-order valence-corrected chi connectivity index (χ2v) is 9.10. The van der Waals surface area contributed by atoms with Gasteiger partial charge in [0.05, 0.1) is 0 Å². The summed E-state index contributed by atoms with van der Waals surface area (Å²) in [6.07, 6.45) is 12.9. The number of aryl methyl sites for hydroxylation is 4. The topological polar surface area (TPSA) is 0 Å². The summed E-state index contributed by atoms with van der Waals surface area (Å²) in [5.41, 5.74) is 6.89. The summed E-state index contributed by atoms with van der Waals surface area (Å²) in [7, 11) is 0. The van der Waals surface area contributed by atoms with E-state index in [2.05, 4.69) is 68.4 Å². The van der Waals surface area contributed by atoms with Gasteiger partial charge in [0.15, 0.2) is 0 Å². The Labute approximate surface area is 194 Å². The molecule has 0 aliphatic heterocycles. The SMILES string of the molecule is CCCCCCCc1ccc(-c2ccc(CCc3ccc(CCCC)cc3)cc2)c(F)c1. The normalized spacial score (nSPS) is 11.1. The van der Waals surface area contributed by atoms with Gasteiger partial charge in [0.1, 0.15) is 5.82 Å². The van der Waals surface area contributed by atoms with Gasteiger partial charge < -0.3 is 0 Å². The quantitative estimate of drug-likeness (QED) is 0.237. The molecule has 0 aliphatic carbocycles. The molecular formula is C31H39F. The molecule has 0 fully saturated rings. The second-order valence-electron chi connectivity index (χ2n) is 9.10. The van der Waals surface area contributed by atoms with E-state index >= 15 is 0 Å². The van der Waals surface area contributed by atoms with Crippen LogP contribution in [0.15, 0.2) is 66.7 Å². The number of hydrogen-bond donors (Lipinski definition) is 0. The minimum absolute atomic E-state index is 0.105. The van der Waals surface area contributed by atoms with Gasteiger partial charge in [-0.3, -0.25) is 0 Å². The molecule has 0 amide bonds. The highest BCUT2D eigenvalue weighted by Gasteiger charge is 2.07. The Balaban J connectivity index is 1.52. The third kappa shape index (κ3) is 7.62. The Morgan fingerprint density at radius 3 is 1.59 bits per heavy atom. The summed E-state index contributed by atoms with van der Waals surface area (Å²) in [6.45, 7) is 4.47. The molecular weight excluding hydrogens is 391 g/mol. The first kappa shape index (κ1) is 24.2. The van der Waals surface area contributed by atoms with Crippen LogP contribution in [0.1, 0.15) is 81.0 Å². The molecule has 0 nitrogen and oxygen atoms in total. The van der Waals surface area contributed by atoms with Gasteiger partial charge in [-0.25, -0.2) is 4.39 Å². The van der Waals surface area contributed by atoms with Crippen LogP contribution in [0.3, 0.4) is 0 Å². The van der Waals surface area contributed by atoms with E-state index < -0.39 is 0 Å². The van der Waals surface area contributed by atoms with Crippen molar-refractivity contribution in [1.29, 1.82) is 0 Å². The van der Waals surface area contributed by atoms with Gasteiger partial charge in [0.25, 0.3) is 0 Å². The van der Waals surface area contributed by atoms with Crippen molar-refractivity contribution >= 4 is 0 Å². The van der Waals surface area contributed by atoms with Crippen LogP contribution in [0.4, 0.5) is 4.39 Å². The molecule has 0 saturated carbocycles.